The molecule has 322 valence electrons. The van der Waals surface area contributed by atoms with Gasteiger partial charge in [0.2, 0.25) is 0 Å². The van der Waals surface area contributed by atoms with E-state index in [1.54, 1.807) is 39.8 Å². The molecule has 0 spiro atoms. The Morgan fingerprint density at radius 1 is 0.949 bits per heavy atom. The number of phenolic OH excluding ortho intramolecular Hbond substituents is 3. The van der Waals surface area contributed by atoms with E-state index < -0.39 is 88.8 Å². The minimum Gasteiger partial charge on any atom is -0.507 e. The highest BCUT2D eigenvalue weighted by atomic mass is 16.7. The van der Waals surface area contributed by atoms with Crippen LogP contribution in [0.4, 0.5) is 5.69 Å². The number of carbonyl (C=O) groups is 3. The van der Waals surface area contributed by atoms with E-state index in [0.29, 0.717) is 0 Å². The number of aromatic hydroxyl groups is 3. The average Bonchev–Trinajstić information content (AvgIpc) is 3.47. The summed E-state index contributed by atoms with van der Waals surface area (Å²) in [6.07, 6.45) is 9.77. The highest BCUT2D eigenvalue weighted by Crippen LogP contribution is 2.55. The van der Waals surface area contributed by atoms with E-state index in [0.717, 1.165) is 32.1 Å². The van der Waals surface area contributed by atoms with Crippen molar-refractivity contribution in [3.05, 3.63) is 52.8 Å². The van der Waals surface area contributed by atoms with Gasteiger partial charge < -0.3 is 55.2 Å². The lowest BCUT2D eigenvalue weighted by Crippen LogP contribution is -2.46. The van der Waals surface area contributed by atoms with Crippen LogP contribution in [0.5, 0.6) is 23.0 Å². The molecule has 1 aliphatic carbocycles. The van der Waals surface area contributed by atoms with Crippen molar-refractivity contribution in [3.8, 4) is 23.0 Å². The lowest BCUT2D eigenvalue weighted by Gasteiger charge is -2.38. The van der Waals surface area contributed by atoms with Gasteiger partial charge in [-0.05, 0) is 32.8 Å². The molecule has 0 saturated heterocycles. The molecule has 9 atom stereocenters. The predicted octanol–water partition coefficient (Wildman–Crippen LogP) is 6.01. The summed E-state index contributed by atoms with van der Waals surface area (Å²) in [5, 5.41) is 64.8. The van der Waals surface area contributed by atoms with Crippen LogP contribution in [-0.2, 0) is 23.8 Å². The summed E-state index contributed by atoms with van der Waals surface area (Å²) >= 11 is 0. The third-order valence-corrected chi connectivity index (χ3v) is 12.1. The van der Waals surface area contributed by atoms with Crippen LogP contribution in [0.15, 0.2) is 41.2 Å². The van der Waals surface area contributed by atoms with Gasteiger partial charge in [-0.1, -0.05) is 65.2 Å². The highest BCUT2D eigenvalue weighted by Gasteiger charge is 2.50. The van der Waals surface area contributed by atoms with Crippen LogP contribution >= 0.6 is 0 Å². The number of methoxy groups -OCH3 is 1. The Hall–Kier alpha value is -5.12. The highest BCUT2D eigenvalue weighted by molar-refractivity contribution is 6.23. The number of rotatable bonds is 5. The minimum absolute atomic E-state index is 0.0574. The molecular weight excluding hydrogens is 762 g/mol. The fourth-order valence-corrected chi connectivity index (χ4v) is 8.31. The van der Waals surface area contributed by atoms with E-state index in [2.05, 4.69) is 15.8 Å². The largest absolute Gasteiger partial charge is 0.507 e. The molecule has 1 fully saturated rings. The summed E-state index contributed by atoms with van der Waals surface area (Å²) in [4.78, 5) is 40.5. The van der Waals surface area contributed by atoms with Crippen LogP contribution < -0.4 is 15.5 Å². The lowest BCUT2D eigenvalue weighted by molar-refractivity contribution is -0.160. The van der Waals surface area contributed by atoms with Crippen LogP contribution in [0.25, 0.3) is 10.8 Å². The molecule has 5 bridgehead atoms. The van der Waals surface area contributed by atoms with Gasteiger partial charge in [-0.15, -0.1) is 0 Å². The third kappa shape index (κ3) is 9.07. The van der Waals surface area contributed by atoms with Crippen molar-refractivity contribution in [2.75, 3.05) is 12.4 Å². The van der Waals surface area contributed by atoms with Crippen molar-refractivity contribution in [3.63, 3.8) is 0 Å². The average molecular weight is 822 g/mol. The standard InChI is InChI=1S/C44H59N3O12/c1-21-14-13-15-22(2)43(55)46-34-29(20-45-47-28-16-11-10-12-17-28)38(52)31-32(39(34)53)37(51)26(6)41-33(31)42(54)44(8,59-41)57-19-18-30(56-9)23(3)40(58-27(7)48)25(5)36(50)24(4)35(21)49/h13-15,18-21,23-25,28,30,35-36,40,47,49-53H,10-12,16-17H2,1-9H3,(H,46,55)/b14-13+,19-18+,22-15?,45-20+. The fraction of sp³-hybridized carbons (Fsp3) is 0.545. The summed E-state index contributed by atoms with van der Waals surface area (Å²) in [5.41, 5.74) is 2.73. The van der Waals surface area contributed by atoms with Gasteiger partial charge in [0.25, 0.3) is 11.7 Å². The van der Waals surface area contributed by atoms with Gasteiger partial charge in [-0.2, -0.15) is 5.10 Å². The zero-order valence-electron chi connectivity index (χ0n) is 35.2. The molecule has 6 rings (SSSR count). The SMILES string of the molecule is COC1/C=C/OC2(C)Oc3c(C)c(O)c4c(O)c(c(/C=N/NC5CCCCC5)c(O)c4c3C2=O)NC(=O)C(C)=C/C=C/C(C)C(O)C(C)C(O)C(C)C(OC(C)=O)C1C. The summed E-state index contributed by atoms with van der Waals surface area (Å²) in [7, 11) is 1.44. The summed E-state index contributed by atoms with van der Waals surface area (Å²) in [6, 6.07) is 0.0702. The Labute approximate surface area is 344 Å². The Kier molecular flexibility index (Phi) is 14.0. The van der Waals surface area contributed by atoms with Crippen LogP contribution in [0.3, 0.4) is 0 Å². The van der Waals surface area contributed by atoms with Crippen LogP contribution in [0.1, 0.15) is 102 Å². The monoisotopic (exact) mass is 821 g/mol. The molecule has 3 heterocycles. The van der Waals surface area contributed by atoms with Crippen molar-refractivity contribution in [2.24, 2.45) is 28.8 Å². The number of phenols is 3. The third-order valence-electron chi connectivity index (χ3n) is 12.1. The molecule has 7 N–H and O–H groups in total. The van der Waals surface area contributed by atoms with Crippen molar-refractivity contribution in [1.29, 1.82) is 0 Å². The number of hydrogen-bond acceptors (Lipinski definition) is 14. The number of benzene rings is 2. The van der Waals surface area contributed by atoms with E-state index in [9.17, 15) is 39.9 Å². The molecule has 9 unspecified atom stereocenters. The Bertz CT molecular complexity index is 2050. The Morgan fingerprint density at radius 3 is 2.27 bits per heavy atom. The molecule has 1 saturated carbocycles. The number of aliphatic hydroxyl groups is 2. The molecule has 15 heteroatoms. The van der Waals surface area contributed by atoms with Crippen molar-refractivity contribution < 1.29 is 58.9 Å². The predicted molar refractivity (Wildman–Crippen MR) is 221 cm³/mol. The number of hydrogen-bond donors (Lipinski definition) is 7. The first-order valence-corrected chi connectivity index (χ1v) is 20.2. The zero-order valence-corrected chi connectivity index (χ0v) is 35.2. The number of ether oxygens (including phenoxy) is 4. The maximum absolute atomic E-state index is 14.4. The van der Waals surface area contributed by atoms with Gasteiger partial charge in [0, 0.05) is 67.2 Å². The Morgan fingerprint density at radius 2 is 1.63 bits per heavy atom. The maximum Gasteiger partial charge on any atom is 0.312 e. The minimum atomic E-state index is -2.04. The number of allylic oxidation sites excluding steroid dienone is 2. The van der Waals surface area contributed by atoms with E-state index in [-0.39, 0.29) is 50.5 Å². The molecule has 2 aromatic carbocycles. The number of hydrazone groups is 1. The van der Waals surface area contributed by atoms with Gasteiger partial charge in [-0.3, -0.25) is 14.4 Å². The van der Waals surface area contributed by atoms with Crippen LogP contribution in [-0.4, -0.2) is 92.8 Å². The first-order valence-electron chi connectivity index (χ1n) is 20.2. The van der Waals surface area contributed by atoms with E-state index >= 15 is 0 Å². The molecule has 15 nitrogen and oxygen atoms in total. The molecule has 4 aliphatic rings. The summed E-state index contributed by atoms with van der Waals surface area (Å²) < 4.78 is 23.6. The van der Waals surface area contributed by atoms with Crippen molar-refractivity contribution in [2.45, 2.75) is 124 Å². The Balaban J connectivity index is 1.69. The second-order valence-electron chi connectivity index (χ2n) is 16.3. The first-order chi connectivity index (χ1) is 27.8. The number of Topliss-reactive ketones (excluding diaryl/α,β-unsaturated/α-hetero) is 1. The maximum atomic E-state index is 14.4. The number of esters is 1. The summed E-state index contributed by atoms with van der Waals surface area (Å²) in [5.74, 6) is -8.33. The normalized spacial score (nSPS) is 31.1. The number of nitrogens with one attached hydrogen (secondary N) is 2. The quantitative estimate of drug-likeness (QED) is 0.0604. The van der Waals surface area contributed by atoms with Gasteiger partial charge in [0.1, 0.15) is 23.4 Å². The number of anilines is 1. The number of amides is 1. The van der Waals surface area contributed by atoms with Crippen molar-refractivity contribution in [1.82, 2.24) is 5.43 Å². The molecule has 2 aromatic rings. The number of ketones is 1. The molecule has 0 radical (unpaired) electrons. The first kappa shape index (κ1) is 45.0. The summed E-state index contributed by atoms with van der Waals surface area (Å²) in [6.45, 7) is 12.5. The number of nitrogens with zero attached hydrogens (tertiary/aromatic N) is 1. The smallest absolute Gasteiger partial charge is 0.312 e. The van der Waals surface area contributed by atoms with Gasteiger partial charge in [0.15, 0.2) is 5.75 Å². The second-order valence-corrected chi connectivity index (χ2v) is 16.3. The number of fused-ring (bicyclic) bond motifs is 14. The second kappa shape index (κ2) is 18.4. The zero-order chi connectivity index (χ0) is 43.5. The van der Waals surface area contributed by atoms with E-state index in [4.69, 9.17) is 18.9 Å². The lowest BCUT2D eigenvalue weighted by atomic mass is 9.78. The number of aliphatic hydroxyl groups excluding tert-OH is 2. The molecular formula is C44H59N3O12. The van der Waals surface area contributed by atoms with Gasteiger partial charge >= 0.3 is 11.8 Å². The van der Waals surface area contributed by atoms with Gasteiger partial charge in [0.05, 0.1) is 53.0 Å². The molecule has 3 aliphatic heterocycles. The van der Waals surface area contributed by atoms with Crippen molar-refractivity contribution >= 4 is 40.3 Å². The molecule has 59 heavy (non-hydrogen) atoms. The molecule has 1 amide bonds. The van der Waals surface area contributed by atoms with E-state index in [1.165, 1.54) is 59.4 Å². The number of carbonyl (C=O) groups excluding carboxylic acids is 3. The fourth-order valence-electron chi connectivity index (χ4n) is 8.31. The topological polar surface area (TPSA) is 226 Å². The molecule has 0 aromatic heterocycles. The van der Waals surface area contributed by atoms with Crippen LogP contribution in [0, 0.1) is 30.6 Å². The van der Waals surface area contributed by atoms with Crippen LogP contribution in [0.2, 0.25) is 0 Å². The van der Waals surface area contributed by atoms with Gasteiger partial charge in [-0.25, -0.2) is 0 Å². The van der Waals surface area contributed by atoms with E-state index in [1.807, 2.05) is 0 Å².